The molecule has 0 aromatic heterocycles. The average molecular weight is 334 g/mol. The van der Waals surface area contributed by atoms with E-state index < -0.39 is 23.5 Å². The quantitative estimate of drug-likeness (QED) is 0.522. The van der Waals surface area contributed by atoms with Crippen molar-refractivity contribution in [2.24, 2.45) is 5.41 Å². The molecule has 0 aromatic carbocycles. The van der Waals surface area contributed by atoms with Crippen molar-refractivity contribution in [2.45, 2.75) is 52.7 Å². The van der Waals surface area contributed by atoms with E-state index in [1.165, 1.54) is 11.8 Å². The standard InChI is InChI=1S/C15H26O6S/c1-7-15(11(16)19-8-2,10-22-14(4,5)6)12(17)21-13(18)20-9-3/h7-10H2,1-6H3. The van der Waals surface area contributed by atoms with Crippen LogP contribution < -0.4 is 0 Å². The van der Waals surface area contributed by atoms with E-state index in [1.54, 1.807) is 20.8 Å². The van der Waals surface area contributed by atoms with Gasteiger partial charge >= 0.3 is 18.1 Å². The van der Waals surface area contributed by atoms with Crippen molar-refractivity contribution in [3.63, 3.8) is 0 Å². The molecule has 0 aliphatic carbocycles. The fourth-order valence-corrected chi connectivity index (χ4v) is 2.64. The molecule has 0 spiro atoms. The summed E-state index contributed by atoms with van der Waals surface area (Å²) in [7, 11) is 0. The van der Waals surface area contributed by atoms with Gasteiger partial charge in [-0.15, -0.1) is 0 Å². The Morgan fingerprint density at radius 3 is 1.86 bits per heavy atom. The smallest absolute Gasteiger partial charge is 0.465 e. The molecule has 0 radical (unpaired) electrons. The molecule has 22 heavy (non-hydrogen) atoms. The number of hydrogen-bond donors (Lipinski definition) is 0. The highest BCUT2D eigenvalue weighted by atomic mass is 32.2. The summed E-state index contributed by atoms with van der Waals surface area (Å²) in [6.45, 7) is 11.1. The van der Waals surface area contributed by atoms with Crippen molar-refractivity contribution >= 4 is 29.9 Å². The molecule has 0 N–H and O–H groups in total. The molecule has 0 fully saturated rings. The molecule has 128 valence electrons. The molecule has 7 heteroatoms. The van der Waals surface area contributed by atoms with E-state index >= 15 is 0 Å². The van der Waals surface area contributed by atoms with Gasteiger partial charge in [0.15, 0.2) is 5.41 Å². The van der Waals surface area contributed by atoms with Gasteiger partial charge in [0.2, 0.25) is 0 Å². The van der Waals surface area contributed by atoms with Gasteiger partial charge in [-0.1, -0.05) is 27.7 Å². The SMILES string of the molecule is CCOC(=O)OC(=O)C(CC)(CSC(C)(C)C)C(=O)OCC. The molecule has 0 aromatic rings. The third-order valence-electron chi connectivity index (χ3n) is 2.85. The van der Waals surface area contributed by atoms with Gasteiger partial charge in [0.05, 0.1) is 13.2 Å². The second kappa shape index (κ2) is 9.02. The number of ether oxygens (including phenoxy) is 3. The number of hydrogen-bond acceptors (Lipinski definition) is 7. The van der Waals surface area contributed by atoms with Gasteiger partial charge in [-0.25, -0.2) is 4.79 Å². The van der Waals surface area contributed by atoms with Crippen LogP contribution in [0.25, 0.3) is 0 Å². The summed E-state index contributed by atoms with van der Waals surface area (Å²) in [5.41, 5.74) is -1.51. The first-order valence-electron chi connectivity index (χ1n) is 7.33. The Morgan fingerprint density at radius 2 is 1.45 bits per heavy atom. The highest BCUT2D eigenvalue weighted by Crippen LogP contribution is 2.36. The first-order valence-corrected chi connectivity index (χ1v) is 8.31. The summed E-state index contributed by atoms with van der Waals surface area (Å²) >= 11 is 1.43. The Labute approximate surface area is 136 Å². The van der Waals surface area contributed by atoms with E-state index in [-0.39, 0.29) is 30.1 Å². The van der Waals surface area contributed by atoms with Crippen molar-refractivity contribution in [2.75, 3.05) is 19.0 Å². The average Bonchev–Trinajstić information content (AvgIpc) is 2.39. The molecule has 0 saturated heterocycles. The summed E-state index contributed by atoms with van der Waals surface area (Å²) in [6, 6.07) is 0. The number of esters is 2. The maximum atomic E-state index is 12.4. The van der Waals surface area contributed by atoms with Crippen molar-refractivity contribution in [1.82, 2.24) is 0 Å². The summed E-state index contributed by atoms with van der Waals surface area (Å²) in [5.74, 6) is -1.43. The van der Waals surface area contributed by atoms with E-state index in [1.807, 2.05) is 20.8 Å². The summed E-state index contributed by atoms with van der Waals surface area (Å²) in [5, 5.41) is 0. The van der Waals surface area contributed by atoms with Gasteiger partial charge in [0, 0.05) is 10.5 Å². The molecule has 0 saturated carbocycles. The predicted octanol–water partition coefficient (Wildman–Crippen LogP) is 3.18. The molecule has 0 amide bonds. The molecular formula is C15H26O6S. The number of carbonyl (C=O) groups excluding carboxylic acids is 3. The van der Waals surface area contributed by atoms with Gasteiger partial charge in [-0.3, -0.25) is 9.59 Å². The van der Waals surface area contributed by atoms with Gasteiger partial charge in [-0.2, -0.15) is 11.8 Å². The maximum Gasteiger partial charge on any atom is 0.516 e. The number of thioether (sulfide) groups is 1. The largest absolute Gasteiger partial charge is 0.516 e. The van der Waals surface area contributed by atoms with Gasteiger partial charge in [-0.05, 0) is 20.3 Å². The zero-order valence-electron chi connectivity index (χ0n) is 14.2. The summed E-state index contributed by atoms with van der Waals surface area (Å²) in [4.78, 5) is 36.1. The Bertz CT molecular complexity index is 401. The van der Waals surface area contributed by atoms with Crippen LogP contribution in [0.3, 0.4) is 0 Å². The second-order valence-corrected chi connectivity index (χ2v) is 7.43. The molecule has 0 bridgehead atoms. The maximum absolute atomic E-state index is 12.4. The van der Waals surface area contributed by atoms with E-state index in [4.69, 9.17) is 4.74 Å². The van der Waals surface area contributed by atoms with Crippen LogP contribution >= 0.6 is 11.8 Å². The third-order valence-corrected chi connectivity index (χ3v) is 4.35. The minimum absolute atomic E-state index is 0.0847. The molecule has 0 aliphatic rings. The normalized spacial score (nSPS) is 13.9. The molecule has 6 nitrogen and oxygen atoms in total. The van der Waals surface area contributed by atoms with Crippen molar-refractivity contribution in [1.29, 1.82) is 0 Å². The lowest BCUT2D eigenvalue weighted by molar-refractivity contribution is -0.168. The minimum atomic E-state index is -1.51. The molecule has 0 heterocycles. The molecular weight excluding hydrogens is 308 g/mol. The lowest BCUT2D eigenvalue weighted by Gasteiger charge is -2.30. The lowest BCUT2D eigenvalue weighted by atomic mass is 9.87. The summed E-state index contributed by atoms with van der Waals surface area (Å²) < 4.78 is 14.1. The van der Waals surface area contributed by atoms with Gasteiger partial charge < -0.3 is 14.2 Å². The molecule has 1 unspecified atom stereocenters. The monoisotopic (exact) mass is 334 g/mol. The summed E-state index contributed by atoms with van der Waals surface area (Å²) in [6.07, 6.45) is -0.928. The van der Waals surface area contributed by atoms with Crippen molar-refractivity contribution < 1.29 is 28.6 Å². The van der Waals surface area contributed by atoms with Crippen LogP contribution in [0.2, 0.25) is 0 Å². The minimum Gasteiger partial charge on any atom is -0.465 e. The Morgan fingerprint density at radius 1 is 0.909 bits per heavy atom. The van der Waals surface area contributed by atoms with Crippen LogP contribution in [0.15, 0.2) is 0 Å². The van der Waals surface area contributed by atoms with E-state index in [0.717, 1.165) is 0 Å². The van der Waals surface area contributed by atoms with Crippen LogP contribution in [0.1, 0.15) is 48.0 Å². The van der Waals surface area contributed by atoms with Crippen LogP contribution in [-0.4, -0.2) is 41.8 Å². The third kappa shape index (κ3) is 6.25. The van der Waals surface area contributed by atoms with Crippen LogP contribution in [0.5, 0.6) is 0 Å². The fourth-order valence-electron chi connectivity index (χ4n) is 1.52. The van der Waals surface area contributed by atoms with Crippen molar-refractivity contribution in [3.8, 4) is 0 Å². The van der Waals surface area contributed by atoms with E-state index in [2.05, 4.69) is 9.47 Å². The Balaban J connectivity index is 5.31. The highest BCUT2D eigenvalue weighted by Gasteiger charge is 2.49. The second-order valence-electron chi connectivity index (χ2n) is 5.63. The van der Waals surface area contributed by atoms with Crippen molar-refractivity contribution in [3.05, 3.63) is 0 Å². The Hall–Kier alpha value is -1.24. The van der Waals surface area contributed by atoms with Gasteiger partial charge in [0.1, 0.15) is 0 Å². The zero-order valence-corrected chi connectivity index (χ0v) is 15.0. The first kappa shape index (κ1) is 20.8. The van der Waals surface area contributed by atoms with Crippen LogP contribution in [-0.2, 0) is 23.8 Å². The van der Waals surface area contributed by atoms with Gasteiger partial charge in [0.25, 0.3) is 0 Å². The molecule has 0 rings (SSSR count). The Kier molecular flexibility index (Phi) is 8.52. The van der Waals surface area contributed by atoms with E-state index in [0.29, 0.717) is 0 Å². The fraction of sp³-hybridized carbons (Fsp3) is 0.800. The van der Waals surface area contributed by atoms with Crippen LogP contribution in [0.4, 0.5) is 4.79 Å². The van der Waals surface area contributed by atoms with Crippen LogP contribution in [0, 0.1) is 5.41 Å². The lowest BCUT2D eigenvalue weighted by Crippen LogP contribution is -2.45. The zero-order chi connectivity index (χ0) is 17.4. The predicted molar refractivity (Wildman–Crippen MR) is 84.7 cm³/mol. The molecule has 0 aliphatic heterocycles. The highest BCUT2D eigenvalue weighted by molar-refractivity contribution is 8.00. The first-order chi connectivity index (χ1) is 10.1. The van der Waals surface area contributed by atoms with E-state index in [9.17, 15) is 14.4 Å². The molecule has 1 atom stereocenters. The number of rotatable bonds is 7. The number of carbonyl (C=O) groups is 3. The topological polar surface area (TPSA) is 78.9 Å².